The molecule has 1 aliphatic carbocycles. The fraction of sp³-hybridized carbons (Fsp3) is 0.286. The average molecular weight is 235 g/mol. The summed E-state index contributed by atoms with van der Waals surface area (Å²) < 4.78 is 0. The van der Waals surface area contributed by atoms with Crippen LogP contribution in [-0.2, 0) is 5.41 Å². The first kappa shape index (κ1) is 11.3. The lowest BCUT2D eigenvalue weighted by Crippen LogP contribution is -2.28. The van der Waals surface area contributed by atoms with Crippen molar-refractivity contribution in [3.05, 3.63) is 53.1 Å². The van der Waals surface area contributed by atoms with Gasteiger partial charge in [0.05, 0.1) is 0 Å². The van der Waals surface area contributed by atoms with Gasteiger partial charge in [0.25, 0.3) is 0 Å². The standard InChI is InChI=1S/C14H15ClO/c1-10-6-3-4-9-14(10,2)13-11(15)7-5-8-12(13)16/h3-10,16H,1-2H3. The molecule has 0 aliphatic heterocycles. The molecule has 0 bridgehead atoms. The van der Waals surface area contributed by atoms with Crippen LogP contribution in [0.15, 0.2) is 42.5 Å². The Morgan fingerprint density at radius 2 is 2.06 bits per heavy atom. The van der Waals surface area contributed by atoms with Crippen LogP contribution in [0.1, 0.15) is 19.4 Å². The molecule has 0 heterocycles. The third-order valence-corrected chi connectivity index (χ3v) is 3.74. The molecule has 0 radical (unpaired) electrons. The van der Waals surface area contributed by atoms with Gasteiger partial charge in [0, 0.05) is 16.0 Å². The number of halogens is 1. The highest BCUT2D eigenvalue weighted by Crippen LogP contribution is 2.44. The maximum Gasteiger partial charge on any atom is 0.121 e. The number of phenolic OH excluding ortho intramolecular Hbond substituents is 1. The Kier molecular flexibility index (Phi) is 2.81. The van der Waals surface area contributed by atoms with E-state index in [2.05, 4.69) is 26.0 Å². The minimum Gasteiger partial charge on any atom is -0.508 e. The molecular formula is C14H15ClO. The highest BCUT2D eigenvalue weighted by atomic mass is 35.5. The largest absolute Gasteiger partial charge is 0.508 e. The van der Waals surface area contributed by atoms with Crippen LogP contribution >= 0.6 is 11.6 Å². The molecule has 2 heteroatoms. The van der Waals surface area contributed by atoms with E-state index in [0.29, 0.717) is 10.9 Å². The molecule has 2 rings (SSSR count). The molecule has 2 atom stereocenters. The van der Waals surface area contributed by atoms with Crippen LogP contribution in [-0.4, -0.2) is 5.11 Å². The first-order valence-corrected chi connectivity index (χ1v) is 5.77. The number of hydrogen-bond acceptors (Lipinski definition) is 1. The van der Waals surface area contributed by atoms with Gasteiger partial charge in [0.15, 0.2) is 0 Å². The predicted molar refractivity (Wildman–Crippen MR) is 67.9 cm³/mol. The van der Waals surface area contributed by atoms with Crippen molar-refractivity contribution in [1.29, 1.82) is 0 Å². The van der Waals surface area contributed by atoms with Gasteiger partial charge >= 0.3 is 0 Å². The van der Waals surface area contributed by atoms with Gasteiger partial charge in [-0.1, -0.05) is 55.8 Å². The molecule has 1 N–H and O–H groups in total. The van der Waals surface area contributed by atoms with Crippen LogP contribution in [0.4, 0.5) is 0 Å². The molecule has 1 aromatic carbocycles. The molecule has 1 aliphatic rings. The van der Waals surface area contributed by atoms with Crippen molar-refractivity contribution >= 4 is 11.6 Å². The van der Waals surface area contributed by atoms with E-state index in [4.69, 9.17) is 11.6 Å². The number of benzene rings is 1. The second-order valence-electron chi connectivity index (χ2n) is 4.45. The van der Waals surface area contributed by atoms with E-state index in [1.807, 2.05) is 18.2 Å². The zero-order valence-electron chi connectivity index (χ0n) is 9.44. The summed E-state index contributed by atoms with van der Waals surface area (Å²) in [5.74, 6) is 0.574. The van der Waals surface area contributed by atoms with Crippen LogP contribution < -0.4 is 0 Å². The molecule has 0 aromatic heterocycles. The molecule has 1 aromatic rings. The summed E-state index contributed by atoms with van der Waals surface area (Å²) in [6.07, 6.45) is 8.25. The molecule has 2 unspecified atom stereocenters. The van der Waals surface area contributed by atoms with Crippen LogP contribution in [0, 0.1) is 5.92 Å². The van der Waals surface area contributed by atoms with E-state index < -0.39 is 0 Å². The summed E-state index contributed by atoms with van der Waals surface area (Å²) in [5.41, 5.74) is 0.571. The molecule has 0 saturated carbocycles. The Morgan fingerprint density at radius 3 is 2.69 bits per heavy atom. The van der Waals surface area contributed by atoms with Crippen LogP contribution in [0.2, 0.25) is 5.02 Å². The molecule has 0 saturated heterocycles. The molecule has 16 heavy (non-hydrogen) atoms. The highest BCUT2D eigenvalue weighted by molar-refractivity contribution is 6.31. The van der Waals surface area contributed by atoms with E-state index in [9.17, 15) is 5.11 Å². The van der Waals surface area contributed by atoms with Gasteiger partial charge in [-0.15, -0.1) is 0 Å². The summed E-state index contributed by atoms with van der Waals surface area (Å²) in [6.45, 7) is 4.22. The number of allylic oxidation sites excluding steroid dienone is 4. The zero-order chi connectivity index (χ0) is 11.8. The van der Waals surface area contributed by atoms with Gasteiger partial charge in [0.1, 0.15) is 5.75 Å². The van der Waals surface area contributed by atoms with E-state index in [0.717, 1.165) is 5.56 Å². The minimum absolute atomic E-state index is 0.239. The topological polar surface area (TPSA) is 20.2 Å². The monoisotopic (exact) mass is 234 g/mol. The van der Waals surface area contributed by atoms with Gasteiger partial charge in [-0.05, 0) is 18.1 Å². The van der Waals surface area contributed by atoms with E-state index in [-0.39, 0.29) is 11.2 Å². The molecule has 0 spiro atoms. The lowest BCUT2D eigenvalue weighted by molar-refractivity contribution is 0.411. The minimum atomic E-state index is -0.239. The molecule has 84 valence electrons. The second kappa shape index (κ2) is 3.99. The maximum atomic E-state index is 9.98. The first-order chi connectivity index (χ1) is 7.55. The van der Waals surface area contributed by atoms with Gasteiger partial charge in [-0.3, -0.25) is 0 Å². The maximum absolute atomic E-state index is 9.98. The van der Waals surface area contributed by atoms with Gasteiger partial charge in [-0.25, -0.2) is 0 Å². The number of hydrogen-bond donors (Lipinski definition) is 1. The van der Waals surface area contributed by atoms with Crippen molar-refractivity contribution in [2.45, 2.75) is 19.3 Å². The Labute approximate surface area is 101 Å². The number of aromatic hydroxyl groups is 1. The molecule has 0 fully saturated rings. The van der Waals surface area contributed by atoms with Gasteiger partial charge in [-0.2, -0.15) is 0 Å². The van der Waals surface area contributed by atoms with Crippen LogP contribution in [0.5, 0.6) is 5.75 Å². The number of phenols is 1. The predicted octanol–water partition coefficient (Wildman–Crippen LogP) is 4.07. The summed E-state index contributed by atoms with van der Waals surface area (Å²) in [4.78, 5) is 0. The van der Waals surface area contributed by atoms with Gasteiger partial charge in [0.2, 0.25) is 0 Å². The Balaban J connectivity index is 2.59. The molecule has 1 nitrogen and oxygen atoms in total. The van der Waals surface area contributed by atoms with E-state index >= 15 is 0 Å². The van der Waals surface area contributed by atoms with E-state index in [1.54, 1.807) is 12.1 Å². The first-order valence-electron chi connectivity index (χ1n) is 5.39. The van der Waals surface area contributed by atoms with E-state index in [1.165, 1.54) is 0 Å². The lowest BCUT2D eigenvalue weighted by Gasteiger charge is -2.34. The van der Waals surface area contributed by atoms with Crippen molar-refractivity contribution < 1.29 is 5.11 Å². The fourth-order valence-electron chi connectivity index (χ4n) is 2.19. The third-order valence-electron chi connectivity index (χ3n) is 3.43. The normalized spacial score (nSPS) is 28.3. The van der Waals surface area contributed by atoms with Crippen LogP contribution in [0.3, 0.4) is 0 Å². The summed E-state index contributed by atoms with van der Waals surface area (Å²) in [6, 6.07) is 5.27. The zero-order valence-corrected chi connectivity index (χ0v) is 10.2. The van der Waals surface area contributed by atoms with Crippen molar-refractivity contribution in [3.63, 3.8) is 0 Å². The van der Waals surface area contributed by atoms with Crippen molar-refractivity contribution in [2.24, 2.45) is 5.92 Å². The number of rotatable bonds is 1. The highest BCUT2D eigenvalue weighted by Gasteiger charge is 2.34. The summed E-state index contributed by atoms with van der Waals surface area (Å²) in [5, 5.41) is 10.6. The quantitative estimate of drug-likeness (QED) is 0.777. The van der Waals surface area contributed by atoms with Crippen LogP contribution in [0.25, 0.3) is 0 Å². The Hall–Kier alpha value is -1.21. The molecule has 0 amide bonds. The summed E-state index contributed by atoms with van der Waals surface area (Å²) in [7, 11) is 0. The van der Waals surface area contributed by atoms with Crippen molar-refractivity contribution in [3.8, 4) is 5.75 Å². The fourth-order valence-corrected chi connectivity index (χ4v) is 2.57. The Morgan fingerprint density at radius 1 is 1.31 bits per heavy atom. The third kappa shape index (κ3) is 1.65. The lowest BCUT2D eigenvalue weighted by atomic mass is 9.70. The van der Waals surface area contributed by atoms with Crippen molar-refractivity contribution in [2.75, 3.05) is 0 Å². The Bertz CT molecular complexity index is 442. The van der Waals surface area contributed by atoms with Crippen molar-refractivity contribution in [1.82, 2.24) is 0 Å². The second-order valence-corrected chi connectivity index (χ2v) is 4.86. The van der Waals surface area contributed by atoms with Gasteiger partial charge < -0.3 is 5.11 Å². The smallest absolute Gasteiger partial charge is 0.121 e. The summed E-state index contributed by atoms with van der Waals surface area (Å²) >= 11 is 6.20. The molecular weight excluding hydrogens is 220 g/mol. The SMILES string of the molecule is CC1C=CC=CC1(C)c1c(O)cccc1Cl. The average Bonchev–Trinajstić information content (AvgIpc) is 2.22.